The van der Waals surface area contributed by atoms with Gasteiger partial charge in [-0.2, -0.15) is 0 Å². The van der Waals surface area contributed by atoms with E-state index in [1.807, 2.05) is 32.5 Å². The molecule has 0 spiro atoms. The molecule has 1 aromatic rings. The summed E-state index contributed by atoms with van der Waals surface area (Å²) in [5.74, 6) is 1.43. The summed E-state index contributed by atoms with van der Waals surface area (Å²) in [6, 6.07) is 10.6. The highest BCUT2D eigenvalue weighted by atomic mass is 127. The topological polar surface area (TPSA) is 53.5 Å². The Hall–Kier alpha value is -0.280. The number of benzene rings is 1. The van der Waals surface area contributed by atoms with Crippen LogP contribution in [0.5, 0.6) is 0 Å². The van der Waals surface area contributed by atoms with Crippen molar-refractivity contribution in [3.63, 3.8) is 0 Å². The van der Waals surface area contributed by atoms with Gasteiger partial charge in [-0.1, -0.05) is 18.2 Å². The van der Waals surface area contributed by atoms with Crippen molar-refractivity contribution in [3.8, 4) is 0 Å². The van der Waals surface area contributed by atoms with Crippen LogP contribution < -0.4 is 10.6 Å². The Bertz CT molecular complexity index is 584. The minimum Gasteiger partial charge on any atom is -0.355 e. The maximum atomic E-state index is 12.1. The van der Waals surface area contributed by atoms with Crippen molar-refractivity contribution >= 4 is 52.5 Å². The van der Waals surface area contributed by atoms with Crippen molar-refractivity contribution in [3.05, 3.63) is 30.3 Å². The first-order chi connectivity index (χ1) is 11.3. The zero-order valence-corrected chi connectivity index (χ0v) is 19.5. The number of guanidine groups is 1. The van der Waals surface area contributed by atoms with Crippen LogP contribution in [0.1, 0.15) is 33.6 Å². The smallest absolute Gasteiger partial charge is 0.191 e. The number of rotatable bonds is 7. The summed E-state index contributed by atoms with van der Waals surface area (Å²) < 4.78 is 12.2. The molecule has 7 heteroatoms. The molecule has 1 fully saturated rings. The predicted molar refractivity (Wildman–Crippen MR) is 122 cm³/mol. The number of aliphatic imine (C=N–C) groups is 1. The Morgan fingerprint density at radius 1 is 1.24 bits per heavy atom. The molecular formula is C18H30IN3OS2. The lowest BCUT2D eigenvalue weighted by Gasteiger charge is -2.20. The van der Waals surface area contributed by atoms with E-state index in [2.05, 4.69) is 46.0 Å². The molecule has 0 amide bonds. The van der Waals surface area contributed by atoms with E-state index < -0.39 is 10.8 Å². The third kappa shape index (κ3) is 7.86. The fraction of sp³-hybridized carbons (Fsp3) is 0.611. The molecule has 1 aliphatic rings. The highest BCUT2D eigenvalue weighted by Crippen LogP contribution is 2.51. The fourth-order valence-corrected chi connectivity index (χ4v) is 4.37. The van der Waals surface area contributed by atoms with Gasteiger partial charge in [-0.05, 0) is 45.7 Å². The molecular weight excluding hydrogens is 465 g/mol. The van der Waals surface area contributed by atoms with E-state index in [-0.39, 0.29) is 33.5 Å². The Kier molecular flexibility index (Phi) is 9.25. The zero-order chi connectivity index (χ0) is 17.6. The van der Waals surface area contributed by atoms with Crippen LogP contribution >= 0.6 is 35.7 Å². The van der Waals surface area contributed by atoms with Gasteiger partial charge in [0.2, 0.25) is 0 Å². The van der Waals surface area contributed by atoms with Crippen LogP contribution in [0, 0.1) is 0 Å². The van der Waals surface area contributed by atoms with Crippen LogP contribution in [0.2, 0.25) is 0 Å². The van der Waals surface area contributed by atoms with E-state index in [9.17, 15) is 4.21 Å². The number of hydrogen-bond acceptors (Lipinski definition) is 3. The maximum absolute atomic E-state index is 12.1. The summed E-state index contributed by atoms with van der Waals surface area (Å²) >= 11 is 1.95. The van der Waals surface area contributed by atoms with Gasteiger partial charge in [-0.25, -0.2) is 0 Å². The minimum absolute atomic E-state index is 0. The first-order valence-electron chi connectivity index (χ1n) is 8.42. The number of hydrogen-bond donors (Lipinski definition) is 2. The highest BCUT2D eigenvalue weighted by molar-refractivity contribution is 14.0. The largest absolute Gasteiger partial charge is 0.355 e. The second-order valence-corrected chi connectivity index (χ2v) is 11.0. The molecule has 1 atom stereocenters. The van der Waals surface area contributed by atoms with E-state index in [4.69, 9.17) is 0 Å². The van der Waals surface area contributed by atoms with Gasteiger partial charge in [-0.15, -0.1) is 35.7 Å². The average Bonchev–Trinajstić information content (AvgIpc) is 3.30. The predicted octanol–water partition coefficient (Wildman–Crippen LogP) is 3.64. The Balaban J connectivity index is 0.00000312. The minimum atomic E-state index is -0.840. The van der Waals surface area contributed by atoms with Crippen molar-refractivity contribution in [2.24, 2.45) is 4.99 Å². The Labute approximate surface area is 175 Å². The van der Waals surface area contributed by atoms with Crippen LogP contribution in [0.3, 0.4) is 0 Å². The summed E-state index contributed by atoms with van der Waals surface area (Å²) in [5.41, 5.74) is 0. The van der Waals surface area contributed by atoms with Crippen LogP contribution in [-0.2, 0) is 10.8 Å². The molecule has 0 aliphatic heterocycles. The molecule has 0 saturated heterocycles. The van der Waals surface area contributed by atoms with Gasteiger partial charge in [0.05, 0.1) is 0 Å². The van der Waals surface area contributed by atoms with Crippen molar-refractivity contribution in [1.29, 1.82) is 0 Å². The lowest BCUT2D eigenvalue weighted by atomic mass is 10.3. The molecule has 0 radical (unpaired) electrons. The lowest BCUT2D eigenvalue weighted by Crippen LogP contribution is -2.43. The average molecular weight is 495 g/mol. The van der Waals surface area contributed by atoms with Crippen LogP contribution in [0.25, 0.3) is 0 Å². The van der Waals surface area contributed by atoms with Crippen molar-refractivity contribution in [2.75, 3.05) is 25.9 Å². The van der Waals surface area contributed by atoms with Gasteiger partial charge in [0.15, 0.2) is 5.96 Å². The van der Waals surface area contributed by atoms with Crippen molar-refractivity contribution in [2.45, 2.75) is 48.0 Å². The fourth-order valence-electron chi connectivity index (χ4n) is 2.23. The van der Waals surface area contributed by atoms with Crippen molar-refractivity contribution < 1.29 is 4.21 Å². The molecule has 0 aromatic heterocycles. The van der Waals surface area contributed by atoms with Crippen LogP contribution in [-0.4, -0.2) is 45.6 Å². The van der Waals surface area contributed by atoms with E-state index in [1.54, 1.807) is 7.05 Å². The Morgan fingerprint density at radius 2 is 1.88 bits per heavy atom. The van der Waals surface area contributed by atoms with Gasteiger partial charge in [0.25, 0.3) is 0 Å². The molecule has 0 bridgehead atoms. The summed E-state index contributed by atoms with van der Waals surface area (Å²) in [7, 11) is 0.937. The maximum Gasteiger partial charge on any atom is 0.191 e. The number of halogens is 1. The molecule has 1 saturated carbocycles. The first kappa shape index (κ1) is 22.8. The number of nitrogens with zero attached hydrogens (tertiary/aromatic N) is 1. The molecule has 1 aromatic carbocycles. The SMILES string of the molecule is CN=C(NCCS(=O)C(C)(C)C)NCC1(Sc2ccccc2)CC1.I. The third-order valence-electron chi connectivity index (χ3n) is 3.95. The normalized spacial score (nSPS) is 17.4. The quantitative estimate of drug-likeness (QED) is 0.345. The van der Waals surface area contributed by atoms with Gasteiger partial charge in [-0.3, -0.25) is 9.20 Å². The molecule has 4 nitrogen and oxygen atoms in total. The second-order valence-electron chi connectivity index (χ2n) is 7.11. The van der Waals surface area contributed by atoms with E-state index in [0.29, 0.717) is 12.3 Å². The molecule has 1 unspecified atom stereocenters. The van der Waals surface area contributed by atoms with Crippen molar-refractivity contribution in [1.82, 2.24) is 10.6 Å². The second kappa shape index (κ2) is 10.2. The lowest BCUT2D eigenvalue weighted by molar-refractivity contribution is 0.647. The summed E-state index contributed by atoms with van der Waals surface area (Å²) in [4.78, 5) is 5.59. The highest BCUT2D eigenvalue weighted by Gasteiger charge is 2.43. The molecule has 2 N–H and O–H groups in total. The molecule has 1 aliphatic carbocycles. The molecule has 142 valence electrons. The Morgan fingerprint density at radius 3 is 2.40 bits per heavy atom. The molecule has 0 heterocycles. The molecule has 25 heavy (non-hydrogen) atoms. The van der Waals surface area contributed by atoms with Gasteiger partial charge < -0.3 is 10.6 Å². The first-order valence-corrected chi connectivity index (χ1v) is 10.6. The summed E-state index contributed by atoms with van der Waals surface area (Å²) in [6.45, 7) is 7.59. The molecule has 2 rings (SSSR count). The van der Waals surface area contributed by atoms with Crippen LogP contribution in [0.4, 0.5) is 0 Å². The number of nitrogens with one attached hydrogen (secondary N) is 2. The number of thioether (sulfide) groups is 1. The van der Waals surface area contributed by atoms with Gasteiger partial charge >= 0.3 is 0 Å². The summed E-state index contributed by atoms with van der Waals surface area (Å²) in [6.07, 6.45) is 2.45. The van der Waals surface area contributed by atoms with Crippen LogP contribution in [0.15, 0.2) is 40.2 Å². The van der Waals surface area contributed by atoms with E-state index in [1.165, 1.54) is 17.7 Å². The van der Waals surface area contributed by atoms with E-state index >= 15 is 0 Å². The summed E-state index contributed by atoms with van der Waals surface area (Å²) in [5, 5.41) is 6.70. The monoisotopic (exact) mass is 495 g/mol. The standard InChI is InChI=1S/C18H29N3OS2.HI/c1-17(2,3)24(22)13-12-20-16(19-4)21-14-18(10-11-18)23-15-8-6-5-7-9-15;/h5-9H,10-14H2,1-4H3,(H2,19,20,21);1H. The van der Waals surface area contributed by atoms with Gasteiger partial charge in [0.1, 0.15) is 0 Å². The zero-order valence-electron chi connectivity index (χ0n) is 15.5. The van der Waals surface area contributed by atoms with Gasteiger partial charge in [0, 0.05) is 51.1 Å². The van der Waals surface area contributed by atoms with E-state index in [0.717, 1.165) is 12.5 Å². The third-order valence-corrected chi connectivity index (χ3v) is 7.38.